The molecule has 0 aliphatic carbocycles. The molecular weight excluding hydrogens is 220 g/mol. The van der Waals surface area contributed by atoms with E-state index in [-0.39, 0.29) is 5.91 Å². The van der Waals surface area contributed by atoms with Crippen molar-refractivity contribution in [2.75, 3.05) is 5.73 Å². The van der Waals surface area contributed by atoms with Gasteiger partial charge in [-0.3, -0.25) is 14.2 Å². The summed E-state index contributed by atoms with van der Waals surface area (Å²) in [5, 5.41) is 10.7. The lowest BCUT2D eigenvalue weighted by molar-refractivity contribution is 0.0941. The Morgan fingerprint density at radius 1 is 1.41 bits per heavy atom. The van der Waals surface area contributed by atoms with Crippen LogP contribution in [0.2, 0.25) is 0 Å². The summed E-state index contributed by atoms with van der Waals surface area (Å²) in [6, 6.07) is 1.65. The molecular formula is C10H14N6O. The molecule has 2 aromatic heterocycles. The number of carbonyl (C=O) groups excluding carboxylic acids is 1. The molecule has 0 spiro atoms. The largest absolute Gasteiger partial charge is 0.384 e. The van der Waals surface area contributed by atoms with Gasteiger partial charge in [-0.2, -0.15) is 10.2 Å². The van der Waals surface area contributed by atoms with E-state index < -0.39 is 0 Å². The Bertz CT molecular complexity index is 541. The average molecular weight is 234 g/mol. The van der Waals surface area contributed by atoms with E-state index in [2.05, 4.69) is 15.5 Å². The molecule has 7 heteroatoms. The molecule has 0 aromatic carbocycles. The predicted octanol–water partition coefficient (Wildman–Crippen LogP) is -0.334. The predicted molar refractivity (Wildman–Crippen MR) is 62.0 cm³/mol. The van der Waals surface area contributed by atoms with E-state index in [0.29, 0.717) is 18.1 Å². The van der Waals surface area contributed by atoms with Gasteiger partial charge in [0.2, 0.25) is 0 Å². The summed E-state index contributed by atoms with van der Waals surface area (Å²) in [7, 11) is 3.47. The summed E-state index contributed by atoms with van der Waals surface area (Å²) >= 11 is 0. The van der Waals surface area contributed by atoms with E-state index in [4.69, 9.17) is 5.73 Å². The van der Waals surface area contributed by atoms with Crippen LogP contribution in [0.1, 0.15) is 16.1 Å². The van der Waals surface area contributed by atoms with Crippen LogP contribution in [0, 0.1) is 0 Å². The van der Waals surface area contributed by atoms with Crippen molar-refractivity contribution in [3.63, 3.8) is 0 Å². The van der Waals surface area contributed by atoms with Crippen molar-refractivity contribution in [1.82, 2.24) is 24.9 Å². The van der Waals surface area contributed by atoms with Crippen molar-refractivity contribution in [3.8, 4) is 0 Å². The van der Waals surface area contributed by atoms with E-state index in [1.807, 2.05) is 0 Å². The third-order valence-corrected chi connectivity index (χ3v) is 2.56. The molecule has 7 nitrogen and oxygen atoms in total. The quantitative estimate of drug-likeness (QED) is 0.760. The molecule has 0 atom stereocenters. The molecule has 2 rings (SSSR count). The first-order valence-electron chi connectivity index (χ1n) is 5.12. The van der Waals surface area contributed by atoms with E-state index in [9.17, 15) is 4.79 Å². The zero-order valence-electron chi connectivity index (χ0n) is 9.71. The first-order chi connectivity index (χ1) is 8.09. The smallest absolute Gasteiger partial charge is 0.269 e. The van der Waals surface area contributed by atoms with Gasteiger partial charge in [-0.05, 0) is 6.07 Å². The Kier molecular flexibility index (Phi) is 2.82. The lowest BCUT2D eigenvalue weighted by atomic mass is 10.3. The highest BCUT2D eigenvalue weighted by Crippen LogP contribution is 2.08. The third-order valence-electron chi connectivity index (χ3n) is 2.56. The maximum Gasteiger partial charge on any atom is 0.269 e. The lowest BCUT2D eigenvalue weighted by Gasteiger charge is -2.04. The number of aryl methyl sites for hydroxylation is 2. The number of aromatic nitrogens is 4. The van der Waals surface area contributed by atoms with Gasteiger partial charge in [0.15, 0.2) is 0 Å². The summed E-state index contributed by atoms with van der Waals surface area (Å²) in [5.74, 6) is 0.364. The SMILES string of the molecule is Cn1nccc1C(=O)NCc1cnn(C)c1N. The Morgan fingerprint density at radius 3 is 2.71 bits per heavy atom. The van der Waals surface area contributed by atoms with Crippen LogP contribution in [-0.2, 0) is 20.6 Å². The lowest BCUT2D eigenvalue weighted by Crippen LogP contribution is -2.25. The fourth-order valence-electron chi connectivity index (χ4n) is 1.49. The molecule has 90 valence electrons. The number of nitrogens with two attached hydrogens (primary N) is 1. The number of nitrogens with zero attached hydrogens (tertiary/aromatic N) is 4. The molecule has 0 bridgehead atoms. The molecule has 1 amide bonds. The highest BCUT2D eigenvalue weighted by atomic mass is 16.2. The Balaban J connectivity index is 2.02. The molecule has 0 saturated heterocycles. The standard InChI is InChI=1S/C10H14N6O/c1-15-8(3-4-13-15)10(17)12-5-7-6-14-16(2)9(7)11/h3-4,6H,5,11H2,1-2H3,(H,12,17). The minimum absolute atomic E-state index is 0.187. The molecule has 0 radical (unpaired) electrons. The first-order valence-corrected chi connectivity index (χ1v) is 5.12. The van der Waals surface area contributed by atoms with Crippen LogP contribution < -0.4 is 11.1 Å². The number of nitrogen functional groups attached to an aromatic ring is 1. The van der Waals surface area contributed by atoms with E-state index in [1.165, 1.54) is 4.68 Å². The van der Waals surface area contributed by atoms with Gasteiger partial charge in [0.1, 0.15) is 11.5 Å². The maximum absolute atomic E-state index is 11.8. The van der Waals surface area contributed by atoms with Gasteiger partial charge in [-0.25, -0.2) is 0 Å². The van der Waals surface area contributed by atoms with Crippen LogP contribution in [-0.4, -0.2) is 25.5 Å². The van der Waals surface area contributed by atoms with Crippen molar-refractivity contribution in [2.24, 2.45) is 14.1 Å². The average Bonchev–Trinajstić information content (AvgIpc) is 2.85. The van der Waals surface area contributed by atoms with Crippen LogP contribution in [0.3, 0.4) is 0 Å². The molecule has 0 saturated carbocycles. The number of hydrogen-bond donors (Lipinski definition) is 2. The van der Waals surface area contributed by atoms with Crippen LogP contribution >= 0.6 is 0 Å². The second kappa shape index (κ2) is 4.28. The van der Waals surface area contributed by atoms with Gasteiger partial charge < -0.3 is 11.1 Å². The van der Waals surface area contributed by atoms with Gasteiger partial charge in [-0.1, -0.05) is 0 Å². The summed E-state index contributed by atoms with van der Waals surface area (Å²) in [6.45, 7) is 0.351. The van der Waals surface area contributed by atoms with Crippen molar-refractivity contribution in [1.29, 1.82) is 0 Å². The van der Waals surface area contributed by atoms with Gasteiger partial charge >= 0.3 is 0 Å². The highest BCUT2D eigenvalue weighted by molar-refractivity contribution is 5.92. The molecule has 2 heterocycles. The number of amides is 1. The number of rotatable bonds is 3. The van der Waals surface area contributed by atoms with Crippen molar-refractivity contribution >= 4 is 11.7 Å². The topological polar surface area (TPSA) is 90.8 Å². The van der Waals surface area contributed by atoms with Gasteiger partial charge in [-0.15, -0.1) is 0 Å². The minimum Gasteiger partial charge on any atom is -0.384 e. The summed E-state index contributed by atoms with van der Waals surface area (Å²) in [5.41, 5.74) is 7.07. The molecule has 0 aliphatic rings. The van der Waals surface area contributed by atoms with E-state index in [0.717, 1.165) is 5.56 Å². The van der Waals surface area contributed by atoms with Crippen molar-refractivity contribution in [2.45, 2.75) is 6.54 Å². The molecule has 3 N–H and O–H groups in total. The normalized spacial score (nSPS) is 10.5. The van der Waals surface area contributed by atoms with Crippen LogP contribution in [0.5, 0.6) is 0 Å². The van der Waals surface area contributed by atoms with Crippen LogP contribution in [0.25, 0.3) is 0 Å². The summed E-state index contributed by atoms with van der Waals surface area (Å²) in [6.07, 6.45) is 3.21. The second-order valence-corrected chi connectivity index (χ2v) is 3.70. The van der Waals surface area contributed by atoms with E-state index in [1.54, 1.807) is 37.2 Å². The third kappa shape index (κ3) is 2.12. The number of hydrogen-bond acceptors (Lipinski definition) is 4. The zero-order valence-corrected chi connectivity index (χ0v) is 9.71. The molecule has 2 aromatic rings. The highest BCUT2D eigenvalue weighted by Gasteiger charge is 2.11. The van der Waals surface area contributed by atoms with Gasteiger partial charge in [0.25, 0.3) is 5.91 Å². The fourth-order valence-corrected chi connectivity index (χ4v) is 1.49. The number of carbonyl (C=O) groups is 1. The Morgan fingerprint density at radius 2 is 2.18 bits per heavy atom. The van der Waals surface area contributed by atoms with Gasteiger partial charge in [0, 0.05) is 32.4 Å². The fraction of sp³-hybridized carbons (Fsp3) is 0.300. The van der Waals surface area contributed by atoms with Crippen LogP contribution in [0.4, 0.5) is 5.82 Å². The number of anilines is 1. The first kappa shape index (κ1) is 11.2. The van der Waals surface area contributed by atoms with E-state index >= 15 is 0 Å². The van der Waals surface area contributed by atoms with Gasteiger partial charge in [0.05, 0.1) is 6.20 Å². The maximum atomic E-state index is 11.8. The van der Waals surface area contributed by atoms with Crippen LogP contribution in [0.15, 0.2) is 18.5 Å². The summed E-state index contributed by atoms with van der Waals surface area (Å²) in [4.78, 5) is 11.8. The van der Waals surface area contributed by atoms with Crippen molar-refractivity contribution < 1.29 is 4.79 Å². The molecule has 0 unspecified atom stereocenters. The summed E-state index contributed by atoms with van der Waals surface area (Å²) < 4.78 is 3.08. The number of nitrogens with one attached hydrogen (secondary N) is 1. The molecule has 0 fully saturated rings. The minimum atomic E-state index is -0.187. The second-order valence-electron chi connectivity index (χ2n) is 3.70. The monoisotopic (exact) mass is 234 g/mol. The Labute approximate surface area is 98.2 Å². The Hall–Kier alpha value is -2.31. The molecule has 0 aliphatic heterocycles. The zero-order chi connectivity index (χ0) is 12.4. The van der Waals surface area contributed by atoms with Crippen molar-refractivity contribution in [3.05, 3.63) is 29.7 Å². The molecule has 17 heavy (non-hydrogen) atoms.